The Morgan fingerprint density at radius 2 is 1.90 bits per heavy atom. The Labute approximate surface area is 128 Å². The maximum absolute atomic E-state index is 13.4. The van der Waals surface area contributed by atoms with Crippen LogP contribution in [-0.4, -0.2) is 35.1 Å². The summed E-state index contributed by atoms with van der Waals surface area (Å²) >= 11 is 0. The number of aliphatic hydroxyl groups excluding tert-OH is 1. The number of carbonyl (C=O) groups excluding carboxylic acids is 1. The van der Waals surface area contributed by atoms with Crippen molar-refractivity contribution in [3.63, 3.8) is 0 Å². The molecule has 0 radical (unpaired) electrons. The first-order valence-electron chi connectivity index (χ1n) is 8.96. The number of hydrogen-bond donors (Lipinski definition) is 1. The maximum Gasteiger partial charge on any atom is 0.229 e. The third kappa shape index (κ3) is 2.15. The second kappa shape index (κ2) is 4.71. The van der Waals surface area contributed by atoms with Gasteiger partial charge in [0.15, 0.2) is 0 Å². The quantitative estimate of drug-likeness (QED) is 0.849. The van der Waals surface area contributed by atoms with Gasteiger partial charge in [0.1, 0.15) is 0 Å². The van der Waals surface area contributed by atoms with Crippen LogP contribution in [0.2, 0.25) is 0 Å². The van der Waals surface area contributed by atoms with E-state index in [1.165, 1.54) is 19.3 Å². The van der Waals surface area contributed by atoms with Crippen LogP contribution in [0, 0.1) is 22.7 Å². The van der Waals surface area contributed by atoms with Crippen molar-refractivity contribution in [2.24, 2.45) is 22.7 Å². The second-order valence-electron chi connectivity index (χ2n) is 8.88. The molecule has 3 nitrogen and oxygen atoms in total. The molecule has 4 aliphatic carbocycles. The van der Waals surface area contributed by atoms with Gasteiger partial charge in [0.2, 0.25) is 5.91 Å². The molecule has 0 spiro atoms. The molecule has 4 saturated carbocycles. The number of amides is 1. The zero-order valence-electron chi connectivity index (χ0n) is 13.3. The number of carbonyl (C=O) groups is 1. The van der Waals surface area contributed by atoms with Gasteiger partial charge < -0.3 is 10.0 Å². The van der Waals surface area contributed by atoms with Gasteiger partial charge in [-0.3, -0.25) is 4.79 Å². The van der Waals surface area contributed by atoms with Gasteiger partial charge in [-0.2, -0.15) is 0 Å². The molecule has 0 aromatic carbocycles. The van der Waals surface area contributed by atoms with Crippen LogP contribution in [0.1, 0.15) is 64.7 Å². The standard InChI is InChI=1S/C18H29NO2/c1-17-7-13-6-14(8-17)10-18(9-13,12-17)16(21)19-5-3-2-4-15(19)11-20/h13-15,20H,2-12H2,1H3. The topological polar surface area (TPSA) is 40.5 Å². The highest BCUT2D eigenvalue weighted by molar-refractivity contribution is 5.84. The first kappa shape index (κ1) is 14.0. The van der Waals surface area contributed by atoms with E-state index in [1.807, 2.05) is 0 Å². The van der Waals surface area contributed by atoms with Gasteiger partial charge in [0.25, 0.3) is 0 Å². The van der Waals surface area contributed by atoms with E-state index >= 15 is 0 Å². The van der Waals surface area contributed by atoms with E-state index in [9.17, 15) is 9.90 Å². The lowest BCUT2D eigenvalue weighted by Gasteiger charge is -2.61. The molecule has 3 unspecified atom stereocenters. The average Bonchev–Trinajstić information content (AvgIpc) is 2.44. The van der Waals surface area contributed by atoms with E-state index in [0.29, 0.717) is 11.3 Å². The van der Waals surface area contributed by atoms with Crippen molar-refractivity contribution < 1.29 is 9.90 Å². The Hall–Kier alpha value is -0.570. The van der Waals surface area contributed by atoms with E-state index in [1.54, 1.807) is 0 Å². The number of likely N-dealkylation sites (tertiary alicyclic amines) is 1. The van der Waals surface area contributed by atoms with E-state index in [4.69, 9.17) is 0 Å². The first-order chi connectivity index (χ1) is 10.0. The molecule has 1 amide bonds. The monoisotopic (exact) mass is 291 g/mol. The summed E-state index contributed by atoms with van der Waals surface area (Å²) in [6, 6.07) is 0.0899. The zero-order valence-corrected chi connectivity index (χ0v) is 13.3. The maximum atomic E-state index is 13.4. The molecule has 1 aliphatic heterocycles. The van der Waals surface area contributed by atoms with Gasteiger partial charge in [-0.25, -0.2) is 0 Å². The predicted octanol–water partition coefficient (Wildman–Crippen LogP) is 2.97. The van der Waals surface area contributed by atoms with Gasteiger partial charge in [0.05, 0.1) is 18.1 Å². The first-order valence-corrected chi connectivity index (χ1v) is 8.96. The molecule has 21 heavy (non-hydrogen) atoms. The van der Waals surface area contributed by atoms with Crippen LogP contribution in [0.5, 0.6) is 0 Å². The Bertz CT molecular complexity index is 432. The van der Waals surface area contributed by atoms with Crippen molar-refractivity contribution in [2.75, 3.05) is 13.2 Å². The lowest BCUT2D eigenvalue weighted by atomic mass is 9.44. The van der Waals surface area contributed by atoms with Gasteiger partial charge in [-0.15, -0.1) is 0 Å². The Morgan fingerprint density at radius 1 is 1.19 bits per heavy atom. The zero-order chi connectivity index (χ0) is 14.7. The van der Waals surface area contributed by atoms with Crippen molar-refractivity contribution in [2.45, 2.75) is 70.8 Å². The fourth-order valence-corrected chi connectivity index (χ4v) is 6.73. The SMILES string of the molecule is CC12CC3CC(C1)CC(C(=O)N1CCCCC1CO)(C3)C2. The molecule has 0 aromatic rings. The minimum absolute atomic E-state index is 0.0659. The van der Waals surface area contributed by atoms with Crippen LogP contribution >= 0.6 is 0 Å². The third-order valence-corrected chi connectivity index (χ3v) is 6.91. The van der Waals surface area contributed by atoms with Crippen LogP contribution in [0.15, 0.2) is 0 Å². The molecule has 118 valence electrons. The third-order valence-electron chi connectivity index (χ3n) is 6.91. The molecule has 4 bridgehead atoms. The molecule has 1 saturated heterocycles. The van der Waals surface area contributed by atoms with Crippen LogP contribution in [-0.2, 0) is 4.79 Å². The number of aliphatic hydroxyl groups is 1. The Morgan fingerprint density at radius 3 is 2.52 bits per heavy atom. The summed E-state index contributed by atoms with van der Waals surface area (Å²) in [7, 11) is 0. The molecule has 5 aliphatic rings. The highest BCUT2D eigenvalue weighted by atomic mass is 16.3. The van der Waals surface area contributed by atoms with Crippen molar-refractivity contribution in [3.05, 3.63) is 0 Å². The fraction of sp³-hybridized carbons (Fsp3) is 0.944. The summed E-state index contributed by atoms with van der Waals surface area (Å²) in [6.45, 7) is 3.44. The molecule has 1 N–H and O–H groups in total. The summed E-state index contributed by atoms with van der Waals surface area (Å²) in [5.74, 6) is 1.98. The molecule has 1 heterocycles. The van der Waals surface area contributed by atoms with Crippen LogP contribution in [0.4, 0.5) is 0 Å². The predicted molar refractivity (Wildman–Crippen MR) is 81.7 cm³/mol. The fourth-order valence-electron chi connectivity index (χ4n) is 6.73. The van der Waals surface area contributed by atoms with E-state index in [0.717, 1.165) is 56.9 Å². The summed E-state index contributed by atoms with van der Waals surface area (Å²) in [6.07, 6.45) is 10.7. The number of nitrogens with zero attached hydrogens (tertiary/aromatic N) is 1. The minimum atomic E-state index is -0.0659. The van der Waals surface area contributed by atoms with Crippen LogP contribution in [0.3, 0.4) is 0 Å². The van der Waals surface area contributed by atoms with Gasteiger partial charge in [-0.05, 0) is 75.0 Å². The molecular formula is C18H29NO2. The van der Waals surface area contributed by atoms with Crippen molar-refractivity contribution in [1.82, 2.24) is 4.90 Å². The minimum Gasteiger partial charge on any atom is -0.394 e. The summed E-state index contributed by atoms with van der Waals surface area (Å²) in [4.78, 5) is 15.4. The van der Waals surface area contributed by atoms with Crippen molar-refractivity contribution >= 4 is 5.91 Å². The van der Waals surface area contributed by atoms with Crippen LogP contribution in [0.25, 0.3) is 0 Å². The summed E-state index contributed by atoms with van der Waals surface area (Å²) < 4.78 is 0. The largest absolute Gasteiger partial charge is 0.394 e. The Kier molecular flexibility index (Phi) is 3.15. The molecule has 5 rings (SSSR count). The molecule has 3 atom stereocenters. The van der Waals surface area contributed by atoms with Crippen LogP contribution < -0.4 is 0 Å². The highest BCUT2D eigenvalue weighted by Gasteiger charge is 2.59. The molecule has 3 heteroatoms. The van der Waals surface area contributed by atoms with Gasteiger partial charge in [-0.1, -0.05) is 6.92 Å². The lowest BCUT2D eigenvalue weighted by Crippen LogP contribution is -2.60. The highest BCUT2D eigenvalue weighted by Crippen LogP contribution is 2.65. The van der Waals surface area contributed by atoms with E-state index in [-0.39, 0.29) is 18.1 Å². The Balaban J connectivity index is 1.61. The second-order valence-corrected chi connectivity index (χ2v) is 8.88. The summed E-state index contributed by atoms with van der Waals surface area (Å²) in [5.41, 5.74) is 0.355. The van der Waals surface area contributed by atoms with Crippen molar-refractivity contribution in [1.29, 1.82) is 0 Å². The number of piperidine rings is 1. The number of hydrogen-bond acceptors (Lipinski definition) is 2. The smallest absolute Gasteiger partial charge is 0.229 e. The molecule has 0 aromatic heterocycles. The van der Waals surface area contributed by atoms with E-state index in [2.05, 4.69) is 11.8 Å². The average molecular weight is 291 g/mol. The van der Waals surface area contributed by atoms with E-state index < -0.39 is 0 Å². The summed E-state index contributed by atoms with van der Waals surface area (Å²) in [5, 5.41) is 9.65. The van der Waals surface area contributed by atoms with Gasteiger partial charge >= 0.3 is 0 Å². The normalized spacial score (nSPS) is 48.7. The van der Waals surface area contributed by atoms with Crippen molar-refractivity contribution in [3.8, 4) is 0 Å². The molecule has 5 fully saturated rings. The van der Waals surface area contributed by atoms with Gasteiger partial charge in [0, 0.05) is 6.54 Å². The molecular weight excluding hydrogens is 262 g/mol. The lowest BCUT2D eigenvalue weighted by molar-refractivity contribution is -0.170. The number of rotatable bonds is 2.